The standard InChI is InChI=1S/C18H23N5O/c1-4-5-16(24)22-13-8-18(2,3)9-14-12(13)10-21-17(23-14)15-11-19-6-7-20-15/h6-7,10-11,13H,4-5,8-9H2,1-3H3,(H,22,24). The highest BCUT2D eigenvalue weighted by Gasteiger charge is 2.34. The zero-order valence-electron chi connectivity index (χ0n) is 14.4. The van der Waals surface area contributed by atoms with Crippen molar-refractivity contribution in [3.8, 4) is 11.5 Å². The maximum atomic E-state index is 12.1. The molecular formula is C18H23N5O. The zero-order chi connectivity index (χ0) is 17.2. The first-order valence-corrected chi connectivity index (χ1v) is 8.40. The largest absolute Gasteiger partial charge is 0.349 e. The number of hydrogen-bond acceptors (Lipinski definition) is 5. The van der Waals surface area contributed by atoms with E-state index < -0.39 is 0 Å². The number of rotatable bonds is 4. The molecule has 1 amide bonds. The van der Waals surface area contributed by atoms with Crippen molar-refractivity contribution in [3.05, 3.63) is 36.0 Å². The number of nitrogens with zero attached hydrogens (tertiary/aromatic N) is 4. The van der Waals surface area contributed by atoms with Gasteiger partial charge < -0.3 is 5.32 Å². The van der Waals surface area contributed by atoms with Crippen LogP contribution in [0.25, 0.3) is 11.5 Å². The number of carbonyl (C=O) groups is 1. The topological polar surface area (TPSA) is 80.7 Å². The summed E-state index contributed by atoms with van der Waals surface area (Å²) in [6.45, 7) is 6.42. The number of fused-ring (bicyclic) bond motifs is 1. The summed E-state index contributed by atoms with van der Waals surface area (Å²) in [7, 11) is 0. The van der Waals surface area contributed by atoms with E-state index in [-0.39, 0.29) is 17.4 Å². The first-order chi connectivity index (χ1) is 11.5. The molecule has 0 saturated carbocycles. The van der Waals surface area contributed by atoms with Crippen LogP contribution in [0.4, 0.5) is 0 Å². The van der Waals surface area contributed by atoms with E-state index >= 15 is 0 Å². The average molecular weight is 325 g/mol. The average Bonchev–Trinajstić information content (AvgIpc) is 2.54. The van der Waals surface area contributed by atoms with Crippen molar-refractivity contribution in [1.29, 1.82) is 0 Å². The van der Waals surface area contributed by atoms with Crippen LogP contribution in [0.3, 0.4) is 0 Å². The molecule has 24 heavy (non-hydrogen) atoms. The zero-order valence-corrected chi connectivity index (χ0v) is 14.4. The Bertz CT molecular complexity index is 729. The Hall–Kier alpha value is -2.37. The van der Waals surface area contributed by atoms with Gasteiger partial charge in [-0.2, -0.15) is 0 Å². The van der Waals surface area contributed by atoms with E-state index in [1.807, 2.05) is 13.1 Å². The molecule has 1 atom stereocenters. The summed E-state index contributed by atoms with van der Waals surface area (Å²) in [4.78, 5) is 29.6. The monoisotopic (exact) mass is 325 g/mol. The maximum Gasteiger partial charge on any atom is 0.220 e. The molecule has 0 bridgehead atoms. The number of amides is 1. The van der Waals surface area contributed by atoms with Crippen molar-refractivity contribution in [1.82, 2.24) is 25.3 Å². The fourth-order valence-electron chi connectivity index (χ4n) is 3.21. The molecule has 6 nitrogen and oxygen atoms in total. The first kappa shape index (κ1) is 16.5. The minimum Gasteiger partial charge on any atom is -0.349 e. The quantitative estimate of drug-likeness (QED) is 0.935. The minimum atomic E-state index is -0.0290. The lowest BCUT2D eigenvalue weighted by Crippen LogP contribution is -2.37. The van der Waals surface area contributed by atoms with Crippen molar-refractivity contribution >= 4 is 5.91 Å². The Kier molecular flexibility index (Phi) is 4.55. The van der Waals surface area contributed by atoms with Gasteiger partial charge in [-0.25, -0.2) is 15.0 Å². The third kappa shape index (κ3) is 3.58. The summed E-state index contributed by atoms with van der Waals surface area (Å²) in [5.41, 5.74) is 2.75. The molecular weight excluding hydrogens is 302 g/mol. The van der Waals surface area contributed by atoms with Crippen LogP contribution < -0.4 is 5.32 Å². The van der Waals surface area contributed by atoms with Crippen molar-refractivity contribution in [2.75, 3.05) is 0 Å². The van der Waals surface area contributed by atoms with Gasteiger partial charge in [0.2, 0.25) is 5.91 Å². The smallest absolute Gasteiger partial charge is 0.220 e. The Morgan fingerprint density at radius 2 is 2.12 bits per heavy atom. The molecule has 2 aromatic rings. The maximum absolute atomic E-state index is 12.1. The number of hydrogen-bond donors (Lipinski definition) is 1. The molecule has 1 aliphatic carbocycles. The molecule has 0 radical (unpaired) electrons. The van der Waals surface area contributed by atoms with Crippen molar-refractivity contribution < 1.29 is 4.79 Å². The lowest BCUT2D eigenvalue weighted by atomic mass is 9.74. The Morgan fingerprint density at radius 1 is 1.29 bits per heavy atom. The van der Waals surface area contributed by atoms with E-state index in [2.05, 4.69) is 34.1 Å². The highest BCUT2D eigenvalue weighted by Crippen LogP contribution is 2.40. The second-order valence-electron chi connectivity index (χ2n) is 7.10. The third-order valence-corrected chi connectivity index (χ3v) is 4.28. The van der Waals surface area contributed by atoms with Gasteiger partial charge in [-0.1, -0.05) is 20.8 Å². The van der Waals surface area contributed by atoms with E-state index in [9.17, 15) is 4.79 Å². The molecule has 1 N–H and O–H groups in total. The second kappa shape index (κ2) is 6.63. The van der Waals surface area contributed by atoms with Crippen LogP contribution in [0.5, 0.6) is 0 Å². The van der Waals surface area contributed by atoms with Crippen LogP contribution >= 0.6 is 0 Å². The van der Waals surface area contributed by atoms with Crippen LogP contribution in [-0.4, -0.2) is 25.8 Å². The van der Waals surface area contributed by atoms with Crippen molar-refractivity contribution in [2.45, 2.75) is 52.5 Å². The lowest BCUT2D eigenvalue weighted by molar-refractivity contribution is -0.122. The fraction of sp³-hybridized carbons (Fsp3) is 0.500. The molecule has 0 aromatic carbocycles. The summed E-state index contributed by atoms with van der Waals surface area (Å²) < 4.78 is 0. The van der Waals surface area contributed by atoms with E-state index in [4.69, 9.17) is 4.98 Å². The predicted octanol–water partition coefficient (Wildman–Crippen LogP) is 2.86. The highest BCUT2D eigenvalue weighted by molar-refractivity contribution is 5.76. The molecule has 3 rings (SSSR count). The van der Waals surface area contributed by atoms with E-state index in [0.29, 0.717) is 17.9 Å². The Balaban J connectivity index is 1.94. The van der Waals surface area contributed by atoms with Crippen LogP contribution in [0.15, 0.2) is 24.8 Å². The van der Waals surface area contributed by atoms with Gasteiger partial charge >= 0.3 is 0 Å². The van der Waals surface area contributed by atoms with E-state index in [1.165, 1.54) is 0 Å². The third-order valence-electron chi connectivity index (χ3n) is 4.28. The molecule has 0 aliphatic heterocycles. The minimum absolute atomic E-state index is 0.0290. The van der Waals surface area contributed by atoms with Gasteiger partial charge in [0.15, 0.2) is 5.82 Å². The lowest BCUT2D eigenvalue weighted by Gasteiger charge is -2.36. The molecule has 0 fully saturated rings. The number of aromatic nitrogens is 4. The van der Waals surface area contributed by atoms with Gasteiger partial charge in [0.25, 0.3) is 0 Å². The van der Waals surface area contributed by atoms with E-state index in [0.717, 1.165) is 30.5 Å². The molecule has 2 heterocycles. The van der Waals surface area contributed by atoms with Gasteiger partial charge in [-0.15, -0.1) is 0 Å². The molecule has 6 heteroatoms. The highest BCUT2D eigenvalue weighted by atomic mass is 16.1. The number of carbonyl (C=O) groups excluding carboxylic acids is 1. The van der Waals surface area contributed by atoms with E-state index in [1.54, 1.807) is 18.6 Å². The molecule has 1 unspecified atom stereocenters. The molecule has 126 valence electrons. The molecule has 2 aromatic heterocycles. The summed E-state index contributed by atoms with van der Waals surface area (Å²) >= 11 is 0. The summed E-state index contributed by atoms with van der Waals surface area (Å²) in [6, 6.07) is -0.0290. The van der Waals surface area contributed by atoms with Gasteiger partial charge in [-0.05, 0) is 24.7 Å². The first-order valence-electron chi connectivity index (χ1n) is 8.40. The number of nitrogens with one attached hydrogen (secondary N) is 1. The predicted molar refractivity (Wildman–Crippen MR) is 91.0 cm³/mol. The summed E-state index contributed by atoms with van der Waals surface area (Å²) in [5, 5.41) is 3.14. The van der Waals surface area contributed by atoms with Crippen molar-refractivity contribution in [3.63, 3.8) is 0 Å². The van der Waals surface area contributed by atoms with Crippen molar-refractivity contribution in [2.24, 2.45) is 5.41 Å². The van der Waals surface area contributed by atoms with Crippen LogP contribution in [0.2, 0.25) is 0 Å². The Morgan fingerprint density at radius 3 is 2.83 bits per heavy atom. The summed E-state index contributed by atoms with van der Waals surface area (Å²) in [5.74, 6) is 0.669. The van der Waals surface area contributed by atoms with Gasteiger partial charge in [0, 0.05) is 30.6 Å². The fourth-order valence-corrected chi connectivity index (χ4v) is 3.21. The molecule has 0 saturated heterocycles. The molecule has 0 spiro atoms. The molecule has 1 aliphatic rings. The van der Waals surface area contributed by atoms with Crippen LogP contribution in [-0.2, 0) is 11.2 Å². The van der Waals surface area contributed by atoms with Gasteiger partial charge in [0.05, 0.1) is 17.9 Å². The van der Waals surface area contributed by atoms with Gasteiger partial charge in [-0.3, -0.25) is 9.78 Å². The second-order valence-corrected chi connectivity index (χ2v) is 7.10. The van der Waals surface area contributed by atoms with Crippen LogP contribution in [0, 0.1) is 5.41 Å². The summed E-state index contributed by atoms with van der Waals surface area (Å²) in [6.07, 6.45) is 9.90. The van der Waals surface area contributed by atoms with Gasteiger partial charge in [0.1, 0.15) is 5.69 Å². The normalized spacial score (nSPS) is 18.7. The SMILES string of the molecule is CCCC(=O)NC1CC(C)(C)Cc2nc(-c3cnccn3)ncc21. The Labute approximate surface area is 142 Å². The van der Waals surface area contributed by atoms with Crippen LogP contribution in [0.1, 0.15) is 57.3 Å².